The van der Waals surface area contributed by atoms with Gasteiger partial charge in [-0.05, 0) is 74.3 Å². The Bertz CT molecular complexity index is 1170. The van der Waals surface area contributed by atoms with Gasteiger partial charge >= 0.3 is 12.1 Å². The van der Waals surface area contributed by atoms with Crippen molar-refractivity contribution >= 4 is 56.6 Å². The van der Waals surface area contributed by atoms with Crippen LogP contribution in [0.1, 0.15) is 94.0 Å². The van der Waals surface area contributed by atoms with E-state index in [-0.39, 0.29) is 12.1 Å². The average molecular weight is 589 g/mol. The number of thiophene rings is 2. The van der Waals surface area contributed by atoms with Crippen LogP contribution < -0.4 is 32.7 Å². The van der Waals surface area contributed by atoms with Crippen LogP contribution in [0.2, 0.25) is 0 Å². The molecular weight excluding hydrogens is 548 g/mol. The smallest absolute Gasteiger partial charge is 0.319 e. The zero-order chi connectivity index (χ0) is 28.8. The van der Waals surface area contributed by atoms with Crippen LogP contribution in [0.25, 0.3) is 0 Å². The number of unbranched alkanes of at least 4 members (excludes halogenated alkanes) is 3. The van der Waals surface area contributed by atoms with E-state index < -0.39 is 11.8 Å². The van der Waals surface area contributed by atoms with Crippen LogP contribution in [0.15, 0.2) is 0 Å². The molecule has 0 spiro atoms. The molecule has 2 aromatic heterocycles. The number of fused-ring (bicyclic) bond motifs is 2. The first-order valence-corrected chi connectivity index (χ1v) is 15.8. The first kappa shape index (κ1) is 29.9. The summed E-state index contributed by atoms with van der Waals surface area (Å²) >= 11 is 2.90. The minimum absolute atomic E-state index is 0.340. The van der Waals surface area contributed by atoms with Crippen LogP contribution in [-0.2, 0) is 25.7 Å². The van der Waals surface area contributed by atoms with Crippen LogP contribution in [0.3, 0.4) is 0 Å². The topological polar surface area (TPSA) is 168 Å². The average Bonchev–Trinajstić information content (AvgIpc) is 3.41. The van der Waals surface area contributed by atoms with Gasteiger partial charge in [0.2, 0.25) is 0 Å². The van der Waals surface area contributed by atoms with Gasteiger partial charge in [-0.25, -0.2) is 9.59 Å². The molecule has 8 N–H and O–H groups in total. The summed E-state index contributed by atoms with van der Waals surface area (Å²) in [6, 6.07) is -0.681. The molecule has 6 amide bonds. The van der Waals surface area contributed by atoms with E-state index in [4.69, 9.17) is 11.5 Å². The second kappa shape index (κ2) is 13.5. The SMILES string of the molecule is CC1CCc2c(sc(NC(=O)NCCCCCCNC(=O)Nc3sc4c(c3C(N)=O)CCC(C)C4)c2C(N)=O)C1. The number of hydrogen-bond acceptors (Lipinski definition) is 6. The van der Waals surface area contributed by atoms with Crippen LogP contribution in [0.5, 0.6) is 0 Å². The van der Waals surface area contributed by atoms with Gasteiger partial charge in [0.1, 0.15) is 10.0 Å². The molecule has 0 saturated carbocycles. The van der Waals surface area contributed by atoms with Gasteiger partial charge in [0.15, 0.2) is 0 Å². The standard InChI is InChI=1S/C28H40N6O4S2/c1-15-7-9-17-19(13-15)39-25(21(17)23(29)35)33-27(37)31-11-5-3-4-6-12-32-28(38)34-26-22(24(30)36)18-10-8-16(2)14-20(18)40-26/h15-16H,3-14H2,1-2H3,(H2,29,35)(H2,30,36)(H2,31,33,37)(H2,32,34,38). The number of rotatable bonds is 11. The monoisotopic (exact) mass is 588 g/mol. The zero-order valence-electron chi connectivity index (χ0n) is 23.2. The lowest BCUT2D eigenvalue weighted by molar-refractivity contribution is 0.0991. The van der Waals surface area contributed by atoms with Gasteiger partial charge in [-0.15, -0.1) is 22.7 Å². The van der Waals surface area contributed by atoms with Gasteiger partial charge in [-0.1, -0.05) is 26.7 Å². The lowest BCUT2D eigenvalue weighted by Gasteiger charge is -2.18. The van der Waals surface area contributed by atoms with Crippen molar-refractivity contribution in [2.75, 3.05) is 23.7 Å². The Kier molecular flexibility index (Phi) is 10.1. The molecule has 4 rings (SSSR count). The zero-order valence-corrected chi connectivity index (χ0v) is 24.9. The van der Waals surface area contributed by atoms with E-state index in [1.807, 2.05) is 0 Å². The van der Waals surface area contributed by atoms with Crippen LogP contribution in [0, 0.1) is 11.8 Å². The Morgan fingerprint density at radius 2 is 1.10 bits per heavy atom. The molecule has 0 aromatic carbocycles. The molecule has 2 unspecified atom stereocenters. The maximum Gasteiger partial charge on any atom is 0.319 e. The number of carbonyl (C=O) groups excluding carboxylic acids is 4. The summed E-state index contributed by atoms with van der Waals surface area (Å²) < 4.78 is 0. The summed E-state index contributed by atoms with van der Waals surface area (Å²) in [5, 5.41) is 12.4. The fraction of sp³-hybridized carbons (Fsp3) is 0.571. The van der Waals surface area contributed by atoms with Gasteiger partial charge in [-0.3, -0.25) is 20.2 Å². The van der Waals surface area contributed by atoms with Crippen molar-refractivity contribution in [3.8, 4) is 0 Å². The first-order valence-electron chi connectivity index (χ1n) is 14.1. The summed E-state index contributed by atoms with van der Waals surface area (Å²) in [4.78, 5) is 51.2. The quantitative estimate of drug-likeness (QED) is 0.208. The van der Waals surface area contributed by atoms with E-state index in [0.29, 0.717) is 46.1 Å². The fourth-order valence-corrected chi connectivity index (χ4v) is 8.32. The predicted octanol–water partition coefficient (Wildman–Crippen LogP) is 4.76. The number of primary amides is 2. The molecule has 2 aliphatic rings. The molecule has 0 radical (unpaired) electrons. The molecule has 2 aromatic rings. The van der Waals surface area contributed by atoms with E-state index in [1.54, 1.807) is 0 Å². The maximum atomic E-state index is 12.4. The van der Waals surface area contributed by atoms with Crippen molar-refractivity contribution in [3.05, 3.63) is 32.0 Å². The number of urea groups is 2. The molecular formula is C28H40N6O4S2. The van der Waals surface area contributed by atoms with Gasteiger partial charge in [0.05, 0.1) is 11.1 Å². The Balaban J connectivity index is 1.12. The third-order valence-corrected chi connectivity index (χ3v) is 9.98. The summed E-state index contributed by atoms with van der Waals surface area (Å²) in [5.41, 5.74) is 14.1. The van der Waals surface area contributed by atoms with Crippen molar-refractivity contribution in [2.24, 2.45) is 23.3 Å². The normalized spacial score (nSPS) is 17.9. The van der Waals surface area contributed by atoms with E-state index in [1.165, 1.54) is 22.7 Å². The highest BCUT2D eigenvalue weighted by atomic mass is 32.1. The Labute approximate surface area is 243 Å². The first-order chi connectivity index (χ1) is 19.1. The Morgan fingerprint density at radius 3 is 1.48 bits per heavy atom. The van der Waals surface area contributed by atoms with Gasteiger partial charge in [-0.2, -0.15) is 0 Å². The lowest BCUT2D eigenvalue weighted by Crippen LogP contribution is -2.30. The van der Waals surface area contributed by atoms with Crippen molar-refractivity contribution < 1.29 is 19.2 Å². The van der Waals surface area contributed by atoms with E-state index in [2.05, 4.69) is 35.1 Å². The Hall–Kier alpha value is -3.12. The van der Waals surface area contributed by atoms with Crippen molar-refractivity contribution in [2.45, 2.75) is 78.1 Å². The maximum absolute atomic E-state index is 12.4. The lowest BCUT2D eigenvalue weighted by atomic mass is 9.88. The number of anilines is 2. The molecule has 12 heteroatoms. The van der Waals surface area contributed by atoms with Crippen LogP contribution >= 0.6 is 22.7 Å². The van der Waals surface area contributed by atoms with Gasteiger partial charge in [0.25, 0.3) is 11.8 Å². The molecule has 218 valence electrons. The third kappa shape index (κ3) is 7.34. The molecule has 2 atom stereocenters. The third-order valence-electron chi connectivity index (χ3n) is 7.64. The number of amides is 6. The van der Waals surface area contributed by atoms with E-state index >= 15 is 0 Å². The minimum atomic E-state index is -0.498. The molecule has 0 aliphatic heterocycles. The summed E-state index contributed by atoms with van der Waals surface area (Å²) in [6.07, 6.45) is 8.84. The number of carbonyl (C=O) groups is 4. The summed E-state index contributed by atoms with van der Waals surface area (Å²) in [7, 11) is 0. The highest BCUT2D eigenvalue weighted by Crippen LogP contribution is 2.40. The molecule has 0 bridgehead atoms. The predicted molar refractivity (Wildman–Crippen MR) is 161 cm³/mol. The van der Waals surface area contributed by atoms with E-state index in [0.717, 1.165) is 85.1 Å². The number of nitrogens with one attached hydrogen (secondary N) is 4. The number of nitrogens with two attached hydrogens (primary N) is 2. The van der Waals surface area contributed by atoms with E-state index in [9.17, 15) is 19.2 Å². The minimum Gasteiger partial charge on any atom is -0.365 e. The Morgan fingerprint density at radius 1 is 0.700 bits per heavy atom. The second-order valence-electron chi connectivity index (χ2n) is 11.0. The number of hydrogen-bond donors (Lipinski definition) is 6. The van der Waals surface area contributed by atoms with Crippen LogP contribution in [0.4, 0.5) is 19.6 Å². The van der Waals surface area contributed by atoms with Gasteiger partial charge in [0, 0.05) is 22.8 Å². The fourth-order valence-electron chi connectivity index (χ4n) is 5.50. The molecule has 2 heterocycles. The second-order valence-corrected chi connectivity index (χ2v) is 13.2. The van der Waals surface area contributed by atoms with Crippen molar-refractivity contribution in [1.29, 1.82) is 0 Å². The highest BCUT2D eigenvalue weighted by molar-refractivity contribution is 7.17. The largest absolute Gasteiger partial charge is 0.365 e. The van der Waals surface area contributed by atoms with Gasteiger partial charge < -0.3 is 22.1 Å². The molecule has 40 heavy (non-hydrogen) atoms. The molecule has 0 fully saturated rings. The molecule has 2 aliphatic carbocycles. The molecule has 10 nitrogen and oxygen atoms in total. The molecule has 0 saturated heterocycles. The summed E-state index contributed by atoms with van der Waals surface area (Å²) in [5.74, 6) is 0.121. The summed E-state index contributed by atoms with van der Waals surface area (Å²) in [6.45, 7) is 5.39. The van der Waals surface area contributed by atoms with Crippen molar-refractivity contribution in [1.82, 2.24) is 10.6 Å². The van der Waals surface area contributed by atoms with Crippen LogP contribution in [-0.4, -0.2) is 37.0 Å². The highest BCUT2D eigenvalue weighted by Gasteiger charge is 2.28. The van der Waals surface area contributed by atoms with Crippen molar-refractivity contribution in [3.63, 3.8) is 0 Å².